The van der Waals surface area contributed by atoms with Crippen LogP contribution in [0.3, 0.4) is 0 Å². The van der Waals surface area contributed by atoms with E-state index in [0.29, 0.717) is 17.1 Å². The zero-order valence-electron chi connectivity index (χ0n) is 14.1. The molecule has 0 bridgehead atoms. The maximum absolute atomic E-state index is 11.9. The SMILES string of the molecule is Cc1cc(Cl)ccc1C(N)=CC(=N)NC(=O)CCCN1CCCC1. The van der Waals surface area contributed by atoms with Gasteiger partial charge >= 0.3 is 0 Å². The normalized spacial score (nSPS) is 15.5. The number of hydrogen-bond donors (Lipinski definition) is 3. The Kier molecular flexibility index (Phi) is 6.82. The van der Waals surface area contributed by atoms with Crippen LogP contribution in [0.4, 0.5) is 0 Å². The van der Waals surface area contributed by atoms with Gasteiger partial charge in [-0.15, -0.1) is 0 Å². The number of nitrogens with zero attached hydrogens (tertiary/aromatic N) is 1. The third-order valence-corrected chi connectivity index (χ3v) is 4.39. The van der Waals surface area contributed by atoms with Crippen LogP contribution in [0.1, 0.15) is 36.8 Å². The van der Waals surface area contributed by atoms with Gasteiger partial charge in [-0.1, -0.05) is 17.7 Å². The van der Waals surface area contributed by atoms with Crippen LogP contribution in [0.5, 0.6) is 0 Å². The van der Waals surface area contributed by atoms with E-state index in [1.54, 1.807) is 6.07 Å². The number of hydrogen-bond acceptors (Lipinski definition) is 4. The van der Waals surface area contributed by atoms with Gasteiger partial charge in [0, 0.05) is 28.8 Å². The molecular weight excluding hydrogens is 324 g/mol. The van der Waals surface area contributed by atoms with Gasteiger partial charge in [-0.05, 0) is 63.5 Å². The predicted octanol–water partition coefficient (Wildman–Crippen LogP) is 2.92. The van der Waals surface area contributed by atoms with E-state index in [-0.39, 0.29) is 11.7 Å². The minimum Gasteiger partial charge on any atom is -0.398 e. The van der Waals surface area contributed by atoms with Gasteiger partial charge in [0.25, 0.3) is 0 Å². The standard InChI is InChI=1S/C18H25ClN4O/c1-13-11-14(19)6-7-15(13)16(20)12-17(21)22-18(24)5-4-10-23-8-2-3-9-23/h6-7,11-12H,2-5,8-10,20H2,1H3,(H2,21,22,24). The maximum Gasteiger partial charge on any atom is 0.225 e. The summed E-state index contributed by atoms with van der Waals surface area (Å²) in [5.74, 6) is -0.135. The van der Waals surface area contributed by atoms with Crippen LogP contribution in [0.15, 0.2) is 24.3 Å². The van der Waals surface area contributed by atoms with Gasteiger partial charge in [-0.25, -0.2) is 0 Å². The third kappa shape index (κ3) is 5.65. The number of nitrogens with two attached hydrogens (primary N) is 1. The van der Waals surface area contributed by atoms with Crippen molar-refractivity contribution in [2.45, 2.75) is 32.6 Å². The lowest BCUT2D eigenvalue weighted by Crippen LogP contribution is -2.30. The molecule has 24 heavy (non-hydrogen) atoms. The molecule has 0 unspecified atom stereocenters. The Balaban J connectivity index is 1.81. The Morgan fingerprint density at radius 3 is 2.79 bits per heavy atom. The van der Waals surface area contributed by atoms with Crippen molar-refractivity contribution in [1.82, 2.24) is 10.2 Å². The number of aryl methyl sites for hydroxylation is 1. The molecule has 0 aromatic heterocycles. The van der Waals surface area contributed by atoms with Gasteiger partial charge in [-0.3, -0.25) is 10.2 Å². The molecule has 1 saturated heterocycles. The van der Waals surface area contributed by atoms with Gasteiger partial charge in [-0.2, -0.15) is 0 Å². The Morgan fingerprint density at radius 2 is 2.12 bits per heavy atom. The summed E-state index contributed by atoms with van der Waals surface area (Å²) in [6.45, 7) is 5.12. The van der Waals surface area contributed by atoms with Crippen molar-refractivity contribution >= 4 is 29.0 Å². The van der Waals surface area contributed by atoms with Crippen molar-refractivity contribution in [2.75, 3.05) is 19.6 Å². The number of nitrogens with one attached hydrogen (secondary N) is 2. The van der Waals surface area contributed by atoms with Crippen molar-refractivity contribution in [3.8, 4) is 0 Å². The zero-order valence-corrected chi connectivity index (χ0v) is 14.8. The second-order valence-corrected chi connectivity index (χ2v) is 6.61. The number of carbonyl (C=O) groups is 1. The molecular formula is C18H25ClN4O. The van der Waals surface area contributed by atoms with E-state index in [0.717, 1.165) is 37.2 Å². The molecule has 1 aromatic rings. The number of likely N-dealkylation sites (tertiary alicyclic amines) is 1. The summed E-state index contributed by atoms with van der Waals surface area (Å²) in [5.41, 5.74) is 8.21. The molecule has 1 fully saturated rings. The van der Waals surface area contributed by atoms with Crippen molar-refractivity contribution in [3.63, 3.8) is 0 Å². The molecule has 0 saturated carbocycles. The van der Waals surface area contributed by atoms with Gasteiger partial charge in [0.2, 0.25) is 5.91 Å². The molecule has 1 aliphatic heterocycles. The zero-order chi connectivity index (χ0) is 17.5. The number of amides is 1. The topological polar surface area (TPSA) is 82.2 Å². The van der Waals surface area contributed by atoms with Crippen LogP contribution < -0.4 is 11.1 Å². The van der Waals surface area contributed by atoms with E-state index in [4.69, 9.17) is 22.7 Å². The molecule has 130 valence electrons. The smallest absolute Gasteiger partial charge is 0.225 e. The lowest BCUT2D eigenvalue weighted by atomic mass is 10.1. The van der Waals surface area contributed by atoms with Gasteiger partial charge in [0.05, 0.1) is 0 Å². The van der Waals surface area contributed by atoms with Gasteiger partial charge in [0.1, 0.15) is 5.84 Å². The van der Waals surface area contributed by atoms with Crippen LogP contribution in [0.2, 0.25) is 5.02 Å². The number of carbonyl (C=O) groups excluding carboxylic acids is 1. The fourth-order valence-electron chi connectivity index (χ4n) is 2.90. The summed E-state index contributed by atoms with van der Waals surface area (Å²) in [5, 5.41) is 11.1. The molecule has 2 rings (SSSR count). The van der Waals surface area contributed by atoms with Crippen LogP contribution in [0, 0.1) is 12.3 Å². The number of halogens is 1. The average molecular weight is 349 g/mol. The largest absolute Gasteiger partial charge is 0.398 e. The van der Waals surface area contributed by atoms with Crippen molar-refractivity contribution in [2.24, 2.45) is 5.73 Å². The first-order valence-corrected chi connectivity index (χ1v) is 8.68. The second kappa shape index (κ2) is 8.85. The second-order valence-electron chi connectivity index (χ2n) is 6.17. The van der Waals surface area contributed by atoms with Crippen LogP contribution in [-0.2, 0) is 4.79 Å². The summed E-state index contributed by atoms with van der Waals surface area (Å²) < 4.78 is 0. The van der Waals surface area contributed by atoms with E-state index in [9.17, 15) is 4.79 Å². The summed E-state index contributed by atoms with van der Waals surface area (Å²) in [6.07, 6.45) is 5.21. The molecule has 6 heteroatoms. The molecule has 0 aliphatic carbocycles. The highest BCUT2D eigenvalue weighted by molar-refractivity contribution is 6.30. The lowest BCUT2D eigenvalue weighted by molar-refractivity contribution is -0.119. The van der Waals surface area contributed by atoms with E-state index >= 15 is 0 Å². The Morgan fingerprint density at radius 1 is 1.42 bits per heavy atom. The summed E-state index contributed by atoms with van der Waals surface area (Å²) in [6, 6.07) is 5.39. The number of benzene rings is 1. The Bertz CT molecular complexity index is 636. The van der Waals surface area contributed by atoms with Gasteiger partial charge < -0.3 is 16.0 Å². The molecule has 1 amide bonds. The average Bonchev–Trinajstić information content (AvgIpc) is 3.00. The fourth-order valence-corrected chi connectivity index (χ4v) is 3.13. The first kappa shape index (κ1) is 18.5. The molecule has 0 spiro atoms. The summed E-state index contributed by atoms with van der Waals surface area (Å²) >= 11 is 5.93. The molecule has 0 atom stereocenters. The van der Waals surface area contributed by atoms with Crippen molar-refractivity contribution in [3.05, 3.63) is 40.4 Å². The highest BCUT2D eigenvalue weighted by atomic mass is 35.5. The number of amidine groups is 1. The first-order valence-electron chi connectivity index (χ1n) is 8.30. The predicted molar refractivity (Wildman–Crippen MR) is 99.1 cm³/mol. The highest BCUT2D eigenvalue weighted by Crippen LogP contribution is 2.19. The van der Waals surface area contributed by atoms with Crippen LogP contribution in [-0.4, -0.2) is 36.3 Å². The van der Waals surface area contributed by atoms with Crippen molar-refractivity contribution in [1.29, 1.82) is 5.41 Å². The highest BCUT2D eigenvalue weighted by Gasteiger charge is 2.12. The van der Waals surface area contributed by atoms with E-state index in [1.165, 1.54) is 18.9 Å². The van der Waals surface area contributed by atoms with Gasteiger partial charge in [0.15, 0.2) is 0 Å². The minimum absolute atomic E-state index is 0.00743. The van der Waals surface area contributed by atoms with Crippen LogP contribution >= 0.6 is 11.6 Å². The van der Waals surface area contributed by atoms with Crippen molar-refractivity contribution < 1.29 is 4.79 Å². The monoisotopic (exact) mass is 348 g/mol. The molecule has 4 N–H and O–H groups in total. The Hall–Kier alpha value is -1.85. The van der Waals surface area contributed by atoms with E-state index in [2.05, 4.69) is 10.2 Å². The summed E-state index contributed by atoms with van der Waals surface area (Å²) in [7, 11) is 0. The van der Waals surface area contributed by atoms with E-state index < -0.39 is 0 Å². The molecule has 5 nitrogen and oxygen atoms in total. The first-order chi connectivity index (χ1) is 11.5. The maximum atomic E-state index is 11.9. The Labute approximate surface area is 148 Å². The van der Waals surface area contributed by atoms with Crippen LogP contribution in [0.25, 0.3) is 5.70 Å². The number of rotatable bonds is 6. The minimum atomic E-state index is -0.143. The fraction of sp³-hybridized carbons (Fsp3) is 0.444. The molecule has 1 aromatic carbocycles. The molecule has 1 heterocycles. The molecule has 1 aliphatic rings. The molecule has 0 radical (unpaired) electrons. The lowest BCUT2D eigenvalue weighted by Gasteiger charge is -2.13. The summed E-state index contributed by atoms with van der Waals surface area (Å²) in [4.78, 5) is 14.3. The van der Waals surface area contributed by atoms with E-state index in [1.807, 2.05) is 19.1 Å². The third-order valence-electron chi connectivity index (χ3n) is 4.15. The quantitative estimate of drug-likeness (QED) is 0.546.